The maximum absolute atomic E-state index is 14.6. The Morgan fingerprint density at radius 3 is 2.83 bits per heavy atom. The van der Waals surface area contributed by atoms with Crippen LogP contribution in [0.3, 0.4) is 0 Å². The third-order valence-electron chi connectivity index (χ3n) is 4.74. The zero-order valence-electron chi connectivity index (χ0n) is 15.1. The SMILES string of the molecule is Cc1nn(-c2nc3ccccc3s2)c2c1[C@@H](c1cccc(F)c1F)SCC(=O)N2. The van der Waals surface area contributed by atoms with Crippen molar-refractivity contribution in [3.05, 3.63) is 70.9 Å². The molecule has 5 nitrogen and oxygen atoms in total. The number of aromatic nitrogens is 3. The minimum Gasteiger partial charge on any atom is -0.310 e. The van der Waals surface area contributed by atoms with Crippen molar-refractivity contribution < 1.29 is 13.6 Å². The van der Waals surface area contributed by atoms with Crippen molar-refractivity contribution in [3.63, 3.8) is 0 Å². The summed E-state index contributed by atoms with van der Waals surface area (Å²) in [5.41, 5.74) is 2.31. The normalized spacial score (nSPS) is 16.5. The van der Waals surface area contributed by atoms with E-state index in [1.807, 2.05) is 24.3 Å². The van der Waals surface area contributed by atoms with Crippen molar-refractivity contribution in [1.29, 1.82) is 0 Å². The van der Waals surface area contributed by atoms with Crippen LogP contribution in [0.2, 0.25) is 0 Å². The van der Waals surface area contributed by atoms with Gasteiger partial charge < -0.3 is 5.32 Å². The zero-order valence-corrected chi connectivity index (χ0v) is 16.8. The van der Waals surface area contributed by atoms with Crippen molar-refractivity contribution in [2.24, 2.45) is 0 Å². The van der Waals surface area contributed by atoms with Gasteiger partial charge in [0.1, 0.15) is 5.82 Å². The van der Waals surface area contributed by atoms with Gasteiger partial charge in [0.25, 0.3) is 0 Å². The summed E-state index contributed by atoms with van der Waals surface area (Å²) in [6.45, 7) is 1.80. The molecule has 1 atom stereocenters. The number of amides is 1. The molecule has 0 radical (unpaired) electrons. The van der Waals surface area contributed by atoms with Gasteiger partial charge in [0.05, 0.1) is 26.9 Å². The van der Waals surface area contributed by atoms with E-state index in [9.17, 15) is 13.6 Å². The quantitative estimate of drug-likeness (QED) is 0.496. The second-order valence-electron chi connectivity index (χ2n) is 6.61. The molecule has 0 fully saturated rings. The number of nitrogens with one attached hydrogen (secondary N) is 1. The lowest BCUT2D eigenvalue weighted by atomic mass is 10.0. The molecule has 5 rings (SSSR count). The van der Waals surface area contributed by atoms with Crippen molar-refractivity contribution in [3.8, 4) is 5.13 Å². The van der Waals surface area contributed by atoms with Crippen LogP contribution >= 0.6 is 23.1 Å². The van der Waals surface area contributed by atoms with E-state index < -0.39 is 16.9 Å². The summed E-state index contributed by atoms with van der Waals surface area (Å²) in [6, 6.07) is 11.8. The highest BCUT2D eigenvalue weighted by Gasteiger charge is 2.33. The summed E-state index contributed by atoms with van der Waals surface area (Å²) in [5.74, 6) is -1.47. The van der Waals surface area contributed by atoms with Crippen molar-refractivity contribution in [2.45, 2.75) is 12.2 Å². The molecule has 0 saturated carbocycles. The highest BCUT2D eigenvalue weighted by Crippen LogP contribution is 2.45. The van der Waals surface area contributed by atoms with Crippen LogP contribution in [0.1, 0.15) is 22.1 Å². The number of para-hydroxylation sites is 1. The smallest absolute Gasteiger partial charge is 0.235 e. The summed E-state index contributed by atoms with van der Waals surface area (Å²) in [5, 5.41) is 7.49. The summed E-state index contributed by atoms with van der Waals surface area (Å²) in [7, 11) is 0. The maximum atomic E-state index is 14.6. The second kappa shape index (κ2) is 6.93. The zero-order chi connectivity index (χ0) is 20.1. The van der Waals surface area contributed by atoms with Crippen LogP contribution in [-0.2, 0) is 4.79 Å². The fourth-order valence-corrected chi connectivity index (χ4v) is 5.57. The Bertz CT molecular complexity index is 1230. The summed E-state index contributed by atoms with van der Waals surface area (Å²) in [4.78, 5) is 17.0. The number of rotatable bonds is 2. The van der Waals surface area contributed by atoms with Crippen LogP contribution in [0.25, 0.3) is 15.3 Å². The van der Waals surface area contributed by atoms with Gasteiger partial charge in [-0.1, -0.05) is 35.6 Å². The van der Waals surface area contributed by atoms with Crippen molar-refractivity contribution >= 4 is 45.0 Å². The summed E-state index contributed by atoms with van der Waals surface area (Å²) in [6.07, 6.45) is 0. The van der Waals surface area contributed by atoms with Crippen molar-refractivity contribution in [1.82, 2.24) is 14.8 Å². The van der Waals surface area contributed by atoms with E-state index >= 15 is 0 Å². The van der Waals surface area contributed by atoms with Gasteiger partial charge in [-0.3, -0.25) is 4.79 Å². The summed E-state index contributed by atoms with van der Waals surface area (Å²) >= 11 is 2.69. The molecule has 9 heteroatoms. The molecule has 1 amide bonds. The molecule has 4 aromatic rings. The topological polar surface area (TPSA) is 59.8 Å². The molecule has 1 aliphatic rings. The lowest BCUT2D eigenvalue weighted by Crippen LogP contribution is -2.15. The van der Waals surface area contributed by atoms with E-state index in [1.54, 1.807) is 17.7 Å². The van der Waals surface area contributed by atoms with E-state index in [0.29, 0.717) is 22.2 Å². The van der Waals surface area contributed by atoms with Gasteiger partial charge >= 0.3 is 0 Å². The number of aryl methyl sites for hydroxylation is 1. The number of thioether (sulfide) groups is 1. The molecule has 0 spiro atoms. The fraction of sp³-hybridized carbons (Fsp3) is 0.150. The molecule has 0 unspecified atom stereocenters. The number of thiazole rings is 1. The molecule has 29 heavy (non-hydrogen) atoms. The lowest BCUT2D eigenvalue weighted by molar-refractivity contribution is -0.113. The second-order valence-corrected chi connectivity index (χ2v) is 8.71. The van der Waals surface area contributed by atoms with Crippen molar-refractivity contribution in [2.75, 3.05) is 11.1 Å². The number of benzene rings is 2. The minimum absolute atomic E-state index is 0.120. The molecule has 0 saturated heterocycles. The predicted molar refractivity (Wildman–Crippen MR) is 111 cm³/mol. The number of hydrogen-bond donors (Lipinski definition) is 1. The molecule has 1 N–H and O–H groups in total. The average Bonchev–Trinajstić information content (AvgIpc) is 3.21. The Morgan fingerprint density at radius 2 is 2.00 bits per heavy atom. The number of halogens is 2. The molecule has 2 aromatic heterocycles. The molecule has 3 heterocycles. The first-order chi connectivity index (χ1) is 14.0. The number of nitrogens with zero attached hydrogens (tertiary/aromatic N) is 3. The van der Waals surface area contributed by atoms with Crippen LogP contribution in [-0.4, -0.2) is 26.4 Å². The Kier molecular flexibility index (Phi) is 4.36. The Hall–Kier alpha value is -2.78. The fourth-order valence-electron chi connectivity index (χ4n) is 3.44. The summed E-state index contributed by atoms with van der Waals surface area (Å²) < 4.78 is 31.0. The Labute approximate surface area is 172 Å². The van der Waals surface area contributed by atoms with E-state index in [1.165, 1.54) is 29.2 Å². The third kappa shape index (κ3) is 3.01. The Morgan fingerprint density at radius 1 is 1.17 bits per heavy atom. The van der Waals surface area contributed by atoms with Gasteiger partial charge in [-0.05, 0) is 25.1 Å². The van der Waals surface area contributed by atoms with Gasteiger partial charge in [-0.2, -0.15) is 9.78 Å². The molecule has 1 aliphatic heterocycles. The van der Waals surface area contributed by atoms with Crippen LogP contribution in [0.4, 0.5) is 14.6 Å². The third-order valence-corrected chi connectivity index (χ3v) is 7.00. The van der Waals surface area contributed by atoms with Crippen LogP contribution < -0.4 is 5.32 Å². The standard InChI is InChI=1S/C20H14F2N4OS2/c1-10-16-18(11-5-4-6-12(21)17(11)22)28-9-15(27)24-19(16)26(25-10)20-23-13-7-2-3-8-14(13)29-20/h2-8,18H,9H2,1H3,(H,24,27)/t18-/m1/s1. The minimum atomic E-state index is -0.913. The van der Waals surface area contributed by atoms with Gasteiger partial charge in [-0.25, -0.2) is 13.8 Å². The monoisotopic (exact) mass is 428 g/mol. The first-order valence-electron chi connectivity index (χ1n) is 8.84. The van der Waals surface area contributed by atoms with Gasteiger partial charge in [-0.15, -0.1) is 11.8 Å². The van der Waals surface area contributed by atoms with E-state index in [0.717, 1.165) is 16.3 Å². The van der Waals surface area contributed by atoms with E-state index in [4.69, 9.17) is 0 Å². The van der Waals surface area contributed by atoms with Crippen LogP contribution in [0, 0.1) is 18.6 Å². The van der Waals surface area contributed by atoms with Gasteiger partial charge in [0.15, 0.2) is 11.6 Å². The average molecular weight is 428 g/mol. The van der Waals surface area contributed by atoms with Crippen LogP contribution in [0.5, 0.6) is 0 Å². The Balaban J connectivity index is 1.72. The van der Waals surface area contributed by atoms with Gasteiger partial charge in [0, 0.05) is 11.1 Å². The molecular formula is C20H14F2N4OS2. The highest BCUT2D eigenvalue weighted by atomic mass is 32.2. The number of anilines is 1. The van der Waals surface area contributed by atoms with E-state index in [-0.39, 0.29) is 17.2 Å². The lowest BCUT2D eigenvalue weighted by Gasteiger charge is -2.16. The first-order valence-corrected chi connectivity index (χ1v) is 10.7. The first kappa shape index (κ1) is 18.3. The maximum Gasteiger partial charge on any atom is 0.235 e. The van der Waals surface area contributed by atoms with Gasteiger partial charge in [0.2, 0.25) is 11.0 Å². The molecular weight excluding hydrogens is 414 g/mol. The number of carbonyl (C=O) groups is 1. The molecule has 146 valence electrons. The number of fused-ring (bicyclic) bond motifs is 2. The number of carbonyl (C=O) groups excluding carboxylic acids is 1. The number of hydrogen-bond acceptors (Lipinski definition) is 5. The molecule has 2 aromatic carbocycles. The predicted octanol–water partition coefficient (Wildman–Crippen LogP) is 4.84. The van der Waals surface area contributed by atoms with E-state index in [2.05, 4.69) is 15.4 Å². The highest BCUT2D eigenvalue weighted by molar-refractivity contribution is 8.00. The largest absolute Gasteiger partial charge is 0.310 e. The molecule has 0 bridgehead atoms. The van der Waals surface area contributed by atoms with Crippen LogP contribution in [0.15, 0.2) is 42.5 Å². The molecule has 0 aliphatic carbocycles.